The third kappa shape index (κ3) is 0.951. The Bertz CT molecular complexity index is 274. The van der Waals surface area contributed by atoms with Gasteiger partial charge < -0.3 is 9.47 Å². The highest BCUT2D eigenvalue weighted by atomic mass is 16.5. The molecule has 0 atom stereocenters. The van der Waals surface area contributed by atoms with Crippen molar-refractivity contribution in [2.75, 3.05) is 14.2 Å². The largest absolute Gasteiger partial charge is 0.493 e. The van der Waals surface area contributed by atoms with Crippen LogP contribution >= 0.6 is 0 Å². The van der Waals surface area contributed by atoms with E-state index in [1.807, 2.05) is 0 Å². The summed E-state index contributed by atoms with van der Waals surface area (Å²) in [5.74, 6) is 1.69. The highest BCUT2D eigenvalue weighted by Gasteiger charge is 2.16. The predicted molar refractivity (Wildman–Crippen MR) is 47.0 cm³/mol. The van der Waals surface area contributed by atoms with E-state index in [4.69, 9.17) is 9.47 Å². The van der Waals surface area contributed by atoms with Crippen LogP contribution in [0.3, 0.4) is 0 Å². The molecule has 0 saturated carbocycles. The molecule has 2 rings (SSSR count). The number of benzene rings is 1. The van der Waals surface area contributed by atoms with Crippen LogP contribution in [0.1, 0.15) is 11.1 Å². The first kappa shape index (κ1) is 7.47. The molecule has 1 aromatic rings. The number of hydrogen-bond acceptors (Lipinski definition) is 2. The fourth-order valence-corrected chi connectivity index (χ4v) is 1.52. The molecule has 0 aromatic heterocycles. The average Bonchev–Trinajstić information content (AvgIpc) is 2.07. The summed E-state index contributed by atoms with van der Waals surface area (Å²) in [6.45, 7) is 0. The standard InChI is InChI=1S/C10H12O2/c1-11-9-5-7-3-4-8(7)6-10(9)12-2/h5-6H,3-4H2,1-2H3. The minimum absolute atomic E-state index is 0.843. The lowest BCUT2D eigenvalue weighted by Crippen LogP contribution is -2.08. The number of methoxy groups -OCH3 is 2. The maximum Gasteiger partial charge on any atom is 0.161 e. The fourth-order valence-electron chi connectivity index (χ4n) is 1.52. The van der Waals surface area contributed by atoms with E-state index in [0.717, 1.165) is 11.5 Å². The van der Waals surface area contributed by atoms with Crippen molar-refractivity contribution in [3.05, 3.63) is 23.3 Å². The van der Waals surface area contributed by atoms with Crippen LogP contribution in [-0.2, 0) is 12.8 Å². The van der Waals surface area contributed by atoms with Crippen molar-refractivity contribution >= 4 is 0 Å². The molecule has 1 aliphatic rings. The maximum atomic E-state index is 5.18. The Labute approximate surface area is 72.1 Å². The van der Waals surface area contributed by atoms with E-state index in [0.29, 0.717) is 0 Å². The molecule has 2 nitrogen and oxygen atoms in total. The quantitative estimate of drug-likeness (QED) is 0.663. The summed E-state index contributed by atoms with van der Waals surface area (Å²) in [5, 5.41) is 0. The summed E-state index contributed by atoms with van der Waals surface area (Å²) >= 11 is 0. The highest BCUT2D eigenvalue weighted by Crippen LogP contribution is 2.35. The molecule has 0 saturated heterocycles. The first-order chi connectivity index (χ1) is 5.85. The Balaban J connectivity index is 2.46. The van der Waals surface area contributed by atoms with Crippen LogP contribution < -0.4 is 9.47 Å². The Hall–Kier alpha value is -1.18. The molecule has 1 aromatic carbocycles. The smallest absolute Gasteiger partial charge is 0.161 e. The van der Waals surface area contributed by atoms with E-state index >= 15 is 0 Å². The number of fused-ring (bicyclic) bond motifs is 1. The Morgan fingerprint density at radius 3 is 1.58 bits per heavy atom. The SMILES string of the molecule is COc1cc2c(cc1OC)CC2. The van der Waals surface area contributed by atoms with Gasteiger partial charge in [0.25, 0.3) is 0 Å². The molecule has 0 amide bonds. The van der Waals surface area contributed by atoms with Gasteiger partial charge in [0.05, 0.1) is 14.2 Å². The second kappa shape index (κ2) is 2.70. The topological polar surface area (TPSA) is 18.5 Å². The second-order valence-corrected chi connectivity index (χ2v) is 2.98. The van der Waals surface area contributed by atoms with Gasteiger partial charge in [-0.1, -0.05) is 0 Å². The van der Waals surface area contributed by atoms with Crippen molar-refractivity contribution in [3.8, 4) is 11.5 Å². The molecular weight excluding hydrogens is 152 g/mol. The van der Waals surface area contributed by atoms with Crippen LogP contribution in [0.25, 0.3) is 0 Å². The van der Waals surface area contributed by atoms with Crippen molar-refractivity contribution in [1.29, 1.82) is 0 Å². The molecular formula is C10H12O2. The third-order valence-corrected chi connectivity index (χ3v) is 2.37. The van der Waals surface area contributed by atoms with E-state index in [-0.39, 0.29) is 0 Å². The molecule has 12 heavy (non-hydrogen) atoms. The Kier molecular flexibility index (Phi) is 1.68. The van der Waals surface area contributed by atoms with Crippen LogP contribution in [0.4, 0.5) is 0 Å². The minimum Gasteiger partial charge on any atom is -0.493 e. The summed E-state index contributed by atoms with van der Waals surface area (Å²) in [6, 6.07) is 4.13. The summed E-state index contributed by atoms with van der Waals surface area (Å²) in [5.41, 5.74) is 2.79. The van der Waals surface area contributed by atoms with Crippen LogP contribution in [0.15, 0.2) is 12.1 Å². The Morgan fingerprint density at radius 2 is 1.33 bits per heavy atom. The van der Waals surface area contributed by atoms with E-state index in [2.05, 4.69) is 12.1 Å². The minimum atomic E-state index is 0.843. The molecule has 0 aliphatic heterocycles. The first-order valence-corrected chi connectivity index (χ1v) is 4.09. The van der Waals surface area contributed by atoms with Crippen molar-refractivity contribution in [3.63, 3.8) is 0 Å². The zero-order chi connectivity index (χ0) is 8.55. The van der Waals surface area contributed by atoms with Gasteiger partial charge in [-0.3, -0.25) is 0 Å². The molecule has 1 aliphatic carbocycles. The zero-order valence-corrected chi connectivity index (χ0v) is 7.39. The summed E-state index contributed by atoms with van der Waals surface area (Å²) in [4.78, 5) is 0. The van der Waals surface area contributed by atoms with Crippen LogP contribution in [0.5, 0.6) is 11.5 Å². The van der Waals surface area contributed by atoms with Gasteiger partial charge in [-0.05, 0) is 36.1 Å². The van der Waals surface area contributed by atoms with Gasteiger partial charge in [0.2, 0.25) is 0 Å². The van der Waals surface area contributed by atoms with Gasteiger partial charge in [-0.2, -0.15) is 0 Å². The molecule has 64 valence electrons. The van der Waals surface area contributed by atoms with Gasteiger partial charge >= 0.3 is 0 Å². The highest BCUT2D eigenvalue weighted by molar-refractivity contribution is 5.50. The number of aryl methyl sites for hydroxylation is 2. The van der Waals surface area contributed by atoms with Crippen molar-refractivity contribution in [2.24, 2.45) is 0 Å². The summed E-state index contributed by atoms with van der Waals surface area (Å²) in [6.07, 6.45) is 2.35. The van der Waals surface area contributed by atoms with Gasteiger partial charge in [-0.15, -0.1) is 0 Å². The van der Waals surface area contributed by atoms with E-state index in [1.165, 1.54) is 24.0 Å². The van der Waals surface area contributed by atoms with Gasteiger partial charge in [0, 0.05) is 0 Å². The zero-order valence-electron chi connectivity index (χ0n) is 7.39. The van der Waals surface area contributed by atoms with Crippen molar-refractivity contribution in [2.45, 2.75) is 12.8 Å². The van der Waals surface area contributed by atoms with Crippen molar-refractivity contribution < 1.29 is 9.47 Å². The van der Waals surface area contributed by atoms with E-state index in [1.54, 1.807) is 14.2 Å². The summed E-state index contributed by atoms with van der Waals surface area (Å²) in [7, 11) is 3.34. The number of rotatable bonds is 2. The first-order valence-electron chi connectivity index (χ1n) is 4.09. The summed E-state index contributed by atoms with van der Waals surface area (Å²) < 4.78 is 10.4. The van der Waals surface area contributed by atoms with Gasteiger partial charge in [0.15, 0.2) is 11.5 Å². The third-order valence-electron chi connectivity index (χ3n) is 2.37. The van der Waals surface area contributed by atoms with E-state index in [9.17, 15) is 0 Å². The lowest BCUT2D eigenvalue weighted by molar-refractivity contribution is 0.353. The van der Waals surface area contributed by atoms with Crippen molar-refractivity contribution in [1.82, 2.24) is 0 Å². The number of hydrogen-bond donors (Lipinski definition) is 0. The lowest BCUT2D eigenvalue weighted by atomic mass is 9.88. The number of ether oxygens (including phenoxy) is 2. The lowest BCUT2D eigenvalue weighted by Gasteiger charge is -2.20. The average molecular weight is 164 g/mol. The molecule has 0 unspecified atom stereocenters. The van der Waals surface area contributed by atoms with E-state index < -0.39 is 0 Å². The molecule has 2 heteroatoms. The van der Waals surface area contributed by atoms with Gasteiger partial charge in [0.1, 0.15) is 0 Å². The molecule has 0 fully saturated rings. The van der Waals surface area contributed by atoms with Crippen LogP contribution in [0, 0.1) is 0 Å². The van der Waals surface area contributed by atoms with Gasteiger partial charge in [-0.25, -0.2) is 0 Å². The molecule has 0 heterocycles. The molecule has 0 radical (unpaired) electrons. The monoisotopic (exact) mass is 164 g/mol. The Morgan fingerprint density at radius 1 is 0.917 bits per heavy atom. The second-order valence-electron chi connectivity index (χ2n) is 2.98. The normalized spacial score (nSPS) is 13.2. The predicted octanol–water partition coefficient (Wildman–Crippen LogP) is 1.80. The molecule has 0 spiro atoms. The molecule has 0 N–H and O–H groups in total. The van der Waals surface area contributed by atoms with Crippen LogP contribution in [-0.4, -0.2) is 14.2 Å². The maximum absolute atomic E-state index is 5.18. The fraction of sp³-hybridized carbons (Fsp3) is 0.400. The molecule has 0 bridgehead atoms. The van der Waals surface area contributed by atoms with Crippen LogP contribution in [0.2, 0.25) is 0 Å².